The highest BCUT2D eigenvalue weighted by Crippen LogP contribution is 2.27. The number of carbonyl (C=O) groups is 1. The Bertz CT molecular complexity index is 746. The summed E-state index contributed by atoms with van der Waals surface area (Å²) in [7, 11) is 0. The summed E-state index contributed by atoms with van der Waals surface area (Å²) in [6.07, 6.45) is 5.42. The molecule has 3 heterocycles. The van der Waals surface area contributed by atoms with E-state index in [2.05, 4.69) is 10.6 Å². The van der Waals surface area contributed by atoms with Gasteiger partial charge in [0.2, 0.25) is 5.91 Å². The number of aryl methyl sites for hydroxylation is 1. The van der Waals surface area contributed by atoms with Crippen molar-refractivity contribution in [2.24, 2.45) is 0 Å². The van der Waals surface area contributed by atoms with Crippen LogP contribution in [0, 0.1) is 5.82 Å². The molecule has 2 bridgehead atoms. The number of benzene rings is 1. The van der Waals surface area contributed by atoms with Gasteiger partial charge in [0.25, 0.3) is 0 Å². The molecule has 5 heteroatoms. The van der Waals surface area contributed by atoms with Crippen LogP contribution in [0.3, 0.4) is 0 Å². The molecule has 25 heavy (non-hydrogen) atoms. The van der Waals surface area contributed by atoms with E-state index in [4.69, 9.17) is 4.42 Å². The molecule has 2 unspecified atom stereocenters. The maximum absolute atomic E-state index is 13.8. The molecule has 2 aliphatic rings. The first-order chi connectivity index (χ1) is 12.2. The van der Waals surface area contributed by atoms with Crippen molar-refractivity contribution in [3.63, 3.8) is 0 Å². The second-order valence-corrected chi connectivity index (χ2v) is 7.12. The Kier molecular flexibility index (Phi) is 4.57. The quantitative estimate of drug-likeness (QED) is 0.875. The Morgan fingerprint density at radius 3 is 2.68 bits per heavy atom. The summed E-state index contributed by atoms with van der Waals surface area (Å²) < 4.78 is 19.5. The van der Waals surface area contributed by atoms with E-state index in [1.165, 1.54) is 18.9 Å². The zero-order valence-electron chi connectivity index (χ0n) is 14.1. The number of amides is 1. The Hall–Kier alpha value is -2.14. The predicted octanol–water partition coefficient (Wildman–Crippen LogP) is 3.42. The van der Waals surface area contributed by atoms with E-state index < -0.39 is 0 Å². The van der Waals surface area contributed by atoms with Crippen LogP contribution in [0.4, 0.5) is 4.39 Å². The molecule has 132 valence electrons. The minimum atomic E-state index is -0.304. The number of furan rings is 1. The molecule has 4 nitrogen and oxygen atoms in total. The van der Waals surface area contributed by atoms with Crippen molar-refractivity contribution >= 4 is 5.91 Å². The van der Waals surface area contributed by atoms with Crippen molar-refractivity contribution in [3.05, 3.63) is 48.0 Å². The minimum absolute atomic E-state index is 0.0649. The van der Waals surface area contributed by atoms with Gasteiger partial charge in [0.15, 0.2) is 0 Å². The van der Waals surface area contributed by atoms with Gasteiger partial charge < -0.3 is 15.1 Å². The largest absolute Gasteiger partial charge is 0.461 e. The molecule has 2 aliphatic heterocycles. The standard InChI is InChI=1S/C20H23FN2O2/c21-18-4-2-1-3-17(18)19-9-7-16(25-19)8-10-20(24)23-15-11-13-5-6-14(12-15)22-13/h1-4,7,9,13-15,22H,5-6,8,10-12H2,(H,23,24). The lowest BCUT2D eigenvalue weighted by molar-refractivity contribution is -0.122. The van der Waals surface area contributed by atoms with Crippen molar-refractivity contribution in [2.45, 2.75) is 56.7 Å². The lowest BCUT2D eigenvalue weighted by atomic mass is 9.99. The third kappa shape index (κ3) is 3.76. The van der Waals surface area contributed by atoms with Gasteiger partial charge in [0.1, 0.15) is 17.3 Å². The van der Waals surface area contributed by atoms with Gasteiger partial charge >= 0.3 is 0 Å². The van der Waals surface area contributed by atoms with Gasteiger partial charge in [-0.15, -0.1) is 0 Å². The summed E-state index contributed by atoms with van der Waals surface area (Å²) >= 11 is 0. The first-order valence-corrected chi connectivity index (χ1v) is 9.06. The summed E-state index contributed by atoms with van der Waals surface area (Å²) in [5.41, 5.74) is 0.448. The Morgan fingerprint density at radius 1 is 1.16 bits per heavy atom. The van der Waals surface area contributed by atoms with E-state index in [1.54, 1.807) is 24.3 Å². The maximum Gasteiger partial charge on any atom is 0.220 e. The molecule has 2 atom stereocenters. The molecule has 2 fully saturated rings. The summed E-state index contributed by atoms with van der Waals surface area (Å²) in [4.78, 5) is 12.2. The maximum atomic E-state index is 13.8. The van der Waals surface area contributed by atoms with E-state index >= 15 is 0 Å². The van der Waals surface area contributed by atoms with Crippen LogP contribution < -0.4 is 10.6 Å². The summed E-state index contributed by atoms with van der Waals surface area (Å²) in [5, 5.41) is 6.73. The number of nitrogens with one attached hydrogen (secondary N) is 2. The van der Waals surface area contributed by atoms with Crippen molar-refractivity contribution in [2.75, 3.05) is 0 Å². The first kappa shape index (κ1) is 16.3. The number of hydrogen-bond donors (Lipinski definition) is 2. The summed E-state index contributed by atoms with van der Waals surface area (Å²) in [6, 6.07) is 11.5. The molecule has 2 saturated heterocycles. The minimum Gasteiger partial charge on any atom is -0.461 e. The molecule has 4 rings (SSSR count). The zero-order valence-corrected chi connectivity index (χ0v) is 14.1. The molecule has 1 aromatic carbocycles. The molecular weight excluding hydrogens is 319 g/mol. The highest BCUT2D eigenvalue weighted by atomic mass is 19.1. The van der Waals surface area contributed by atoms with Crippen molar-refractivity contribution in [3.8, 4) is 11.3 Å². The van der Waals surface area contributed by atoms with Gasteiger partial charge in [-0.05, 0) is 49.9 Å². The van der Waals surface area contributed by atoms with E-state index in [1.807, 2.05) is 6.07 Å². The lowest BCUT2D eigenvalue weighted by Crippen LogP contribution is -2.48. The second kappa shape index (κ2) is 7.00. The average molecular weight is 342 g/mol. The normalized spacial score (nSPS) is 25.1. The number of carbonyl (C=O) groups excluding carboxylic acids is 1. The average Bonchev–Trinajstić information content (AvgIpc) is 3.20. The second-order valence-electron chi connectivity index (χ2n) is 7.12. The smallest absolute Gasteiger partial charge is 0.220 e. The van der Waals surface area contributed by atoms with E-state index in [-0.39, 0.29) is 17.8 Å². The summed E-state index contributed by atoms with van der Waals surface area (Å²) in [6.45, 7) is 0. The highest BCUT2D eigenvalue weighted by molar-refractivity contribution is 5.76. The van der Waals surface area contributed by atoms with Crippen LogP contribution in [0.5, 0.6) is 0 Å². The van der Waals surface area contributed by atoms with E-state index in [0.29, 0.717) is 42.0 Å². The molecule has 0 radical (unpaired) electrons. The first-order valence-electron chi connectivity index (χ1n) is 9.06. The third-order valence-corrected chi connectivity index (χ3v) is 5.24. The molecule has 1 amide bonds. The van der Waals surface area contributed by atoms with Crippen LogP contribution in [0.2, 0.25) is 0 Å². The van der Waals surface area contributed by atoms with Gasteiger partial charge in [-0.2, -0.15) is 0 Å². The van der Waals surface area contributed by atoms with Gasteiger partial charge in [0.05, 0.1) is 5.56 Å². The molecule has 0 saturated carbocycles. The Balaban J connectivity index is 1.30. The van der Waals surface area contributed by atoms with Crippen LogP contribution in [-0.4, -0.2) is 24.0 Å². The highest BCUT2D eigenvalue weighted by Gasteiger charge is 2.33. The molecule has 0 aliphatic carbocycles. The number of fused-ring (bicyclic) bond motifs is 2. The molecule has 1 aromatic heterocycles. The van der Waals surface area contributed by atoms with E-state index in [0.717, 1.165) is 12.8 Å². The van der Waals surface area contributed by atoms with Crippen LogP contribution in [0.1, 0.15) is 37.9 Å². The van der Waals surface area contributed by atoms with E-state index in [9.17, 15) is 9.18 Å². The summed E-state index contributed by atoms with van der Waals surface area (Å²) in [5.74, 6) is 0.971. The molecular formula is C20H23FN2O2. The lowest BCUT2D eigenvalue weighted by Gasteiger charge is -2.29. The number of piperidine rings is 1. The fourth-order valence-corrected chi connectivity index (χ4v) is 4.03. The fourth-order valence-electron chi connectivity index (χ4n) is 4.03. The Labute approximate surface area is 146 Å². The zero-order chi connectivity index (χ0) is 17.2. The van der Waals surface area contributed by atoms with Crippen LogP contribution in [-0.2, 0) is 11.2 Å². The fraction of sp³-hybridized carbons (Fsp3) is 0.450. The van der Waals surface area contributed by atoms with Gasteiger partial charge in [-0.25, -0.2) is 4.39 Å². The predicted molar refractivity (Wildman–Crippen MR) is 93.5 cm³/mol. The number of hydrogen-bond acceptors (Lipinski definition) is 3. The number of halogens is 1. The monoisotopic (exact) mass is 342 g/mol. The molecule has 0 spiro atoms. The SMILES string of the molecule is O=C(CCc1ccc(-c2ccccc2F)o1)NC1CC2CCC(C1)N2. The third-order valence-electron chi connectivity index (χ3n) is 5.24. The Morgan fingerprint density at radius 2 is 1.92 bits per heavy atom. The van der Waals surface area contributed by atoms with Gasteiger partial charge in [-0.3, -0.25) is 4.79 Å². The van der Waals surface area contributed by atoms with Crippen LogP contribution in [0.15, 0.2) is 40.8 Å². The molecule has 2 N–H and O–H groups in total. The number of rotatable bonds is 5. The van der Waals surface area contributed by atoms with Gasteiger partial charge in [0, 0.05) is 31.0 Å². The van der Waals surface area contributed by atoms with Crippen molar-refractivity contribution < 1.29 is 13.6 Å². The van der Waals surface area contributed by atoms with Crippen molar-refractivity contribution in [1.29, 1.82) is 0 Å². The molecule has 2 aromatic rings. The van der Waals surface area contributed by atoms with Gasteiger partial charge in [-0.1, -0.05) is 12.1 Å². The topological polar surface area (TPSA) is 54.3 Å². The van der Waals surface area contributed by atoms with Crippen molar-refractivity contribution in [1.82, 2.24) is 10.6 Å². The van der Waals surface area contributed by atoms with Crippen LogP contribution in [0.25, 0.3) is 11.3 Å². The van der Waals surface area contributed by atoms with Crippen LogP contribution >= 0.6 is 0 Å².